The van der Waals surface area contributed by atoms with Gasteiger partial charge >= 0.3 is 0 Å². The lowest BCUT2D eigenvalue weighted by Gasteiger charge is -2.04. The van der Waals surface area contributed by atoms with Crippen LogP contribution in [-0.2, 0) is 0 Å². The summed E-state index contributed by atoms with van der Waals surface area (Å²) in [6.45, 7) is 0. The number of benzene rings is 1. The van der Waals surface area contributed by atoms with Crippen LogP contribution in [0, 0.1) is 5.82 Å². The quantitative estimate of drug-likeness (QED) is 0.857. The normalized spacial score (nSPS) is 10.3. The van der Waals surface area contributed by atoms with Crippen molar-refractivity contribution in [1.82, 2.24) is 0 Å². The molecule has 88 valence electrons. The summed E-state index contributed by atoms with van der Waals surface area (Å²) in [6.07, 6.45) is 0. The maximum absolute atomic E-state index is 13.0. The van der Waals surface area contributed by atoms with Crippen molar-refractivity contribution in [1.29, 1.82) is 0 Å². The zero-order valence-corrected chi connectivity index (χ0v) is 11.5. The zero-order chi connectivity index (χ0) is 12.4. The predicted octanol–water partition coefficient (Wildman–Crippen LogP) is 4.56. The van der Waals surface area contributed by atoms with E-state index in [4.69, 9.17) is 11.6 Å². The first-order valence-corrected chi connectivity index (χ1v) is 6.56. The third-order valence-electron chi connectivity index (χ3n) is 1.92. The molecule has 6 heteroatoms. The van der Waals surface area contributed by atoms with Gasteiger partial charge in [0.2, 0.25) is 0 Å². The molecule has 0 radical (unpaired) electrons. The number of nitrogens with one attached hydrogen (secondary N) is 1. The van der Waals surface area contributed by atoms with Gasteiger partial charge in [-0.25, -0.2) is 4.39 Å². The van der Waals surface area contributed by atoms with Crippen LogP contribution in [0.2, 0.25) is 5.02 Å². The number of halogens is 3. The summed E-state index contributed by atoms with van der Waals surface area (Å²) < 4.78 is 13.9. The Labute approximate surface area is 115 Å². The van der Waals surface area contributed by atoms with Crippen LogP contribution in [0.3, 0.4) is 0 Å². The lowest BCUT2D eigenvalue weighted by molar-refractivity contribution is 0.103. The Bertz CT molecular complexity index is 552. The second-order valence-corrected chi connectivity index (χ2v) is 6.12. The van der Waals surface area contributed by atoms with Crippen molar-refractivity contribution < 1.29 is 9.18 Å². The smallest absolute Gasteiger partial charge is 0.265 e. The van der Waals surface area contributed by atoms with Crippen LogP contribution < -0.4 is 5.32 Å². The van der Waals surface area contributed by atoms with Crippen molar-refractivity contribution in [3.63, 3.8) is 0 Å². The third-order valence-corrected chi connectivity index (χ3v) is 3.76. The third kappa shape index (κ3) is 3.28. The average Bonchev–Trinajstić information content (AvgIpc) is 2.63. The minimum atomic E-state index is -0.486. The average molecular weight is 335 g/mol. The Morgan fingerprint density at radius 3 is 2.71 bits per heavy atom. The lowest BCUT2D eigenvalue weighted by Crippen LogP contribution is -2.10. The van der Waals surface area contributed by atoms with Crippen LogP contribution in [-0.4, -0.2) is 5.91 Å². The Morgan fingerprint density at radius 2 is 2.12 bits per heavy atom. The fourth-order valence-electron chi connectivity index (χ4n) is 1.26. The van der Waals surface area contributed by atoms with E-state index in [-0.39, 0.29) is 10.9 Å². The highest BCUT2D eigenvalue weighted by atomic mass is 79.9. The topological polar surface area (TPSA) is 29.1 Å². The summed E-state index contributed by atoms with van der Waals surface area (Å²) in [7, 11) is 0. The molecule has 0 spiro atoms. The van der Waals surface area contributed by atoms with Gasteiger partial charge in [0.25, 0.3) is 5.91 Å². The molecule has 2 nitrogen and oxygen atoms in total. The molecule has 1 N–H and O–H groups in total. The number of rotatable bonds is 2. The van der Waals surface area contributed by atoms with Gasteiger partial charge in [-0.3, -0.25) is 4.79 Å². The second kappa shape index (κ2) is 5.16. The van der Waals surface area contributed by atoms with E-state index in [2.05, 4.69) is 21.2 Å². The van der Waals surface area contributed by atoms with Gasteiger partial charge < -0.3 is 5.32 Å². The number of amides is 1. The monoisotopic (exact) mass is 333 g/mol. The molecule has 0 atom stereocenters. The predicted molar refractivity (Wildman–Crippen MR) is 71.4 cm³/mol. The van der Waals surface area contributed by atoms with Gasteiger partial charge in [0.15, 0.2) is 0 Å². The SMILES string of the molecule is O=C(Nc1cc(F)cc(Cl)c1)c1ccc(Br)s1. The van der Waals surface area contributed by atoms with E-state index in [1.165, 1.54) is 29.5 Å². The van der Waals surface area contributed by atoms with Crippen molar-refractivity contribution in [3.05, 3.63) is 49.8 Å². The van der Waals surface area contributed by atoms with Crippen LogP contribution in [0.25, 0.3) is 0 Å². The van der Waals surface area contributed by atoms with Crippen molar-refractivity contribution in [3.8, 4) is 0 Å². The summed E-state index contributed by atoms with van der Waals surface area (Å²) in [6, 6.07) is 7.35. The number of hydrogen-bond donors (Lipinski definition) is 1. The highest BCUT2D eigenvalue weighted by Crippen LogP contribution is 2.24. The van der Waals surface area contributed by atoms with Crippen molar-refractivity contribution in [2.75, 3.05) is 5.32 Å². The maximum atomic E-state index is 13.0. The highest BCUT2D eigenvalue weighted by Gasteiger charge is 2.09. The van der Waals surface area contributed by atoms with E-state index in [1.54, 1.807) is 12.1 Å². The van der Waals surface area contributed by atoms with Gasteiger partial charge in [-0.2, -0.15) is 0 Å². The highest BCUT2D eigenvalue weighted by molar-refractivity contribution is 9.11. The first kappa shape index (κ1) is 12.5. The minimum absolute atomic E-state index is 0.243. The molecule has 0 saturated carbocycles. The molecule has 0 fully saturated rings. The summed E-state index contributed by atoms with van der Waals surface area (Å²) >= 11 is 10.3. The van der Waals surface area contributed by atoms with Crippen LogP contribution >= 0.6 is 38.9 Å². The van der Waals surface area contributed by atoms with E-state index < -0.39 is 5.82 Å². The first-order valence-electron chi connectivity index (χ1n) is 4.57. The molecule has 1 aromatic heterocycles. The van der Waals surface area contributed by atoms with E-state index in [0.29, 0.717) is 10.6 Å². The molecule has 1 aromatic carbocycles. The molecule has 0 aliphatic carbocycles. The van der Waals surface area contributed by atoms with Crippen LogP contribution in [0.5, 0.6) is 0 Å². The standard InChI is InChI=1S/C11H6BrClFNOS/c12-10-2-1-9(17-10)11(16)15-8-4-6(13)3-7(14)5-8/h1-5H,(H,15,16). The molecular formula is C11H6BrClFNOS. The molecule has 2 rings (SSSR count). The van der Waals surface area contributed by atoms with Crippen LogP contribution in [0.15, 0.2) is 34.1 Å². The molecule has 2 aromatic rings. The molecule has 17 heavy (non-hydrogen) atoms. The number of carbonyl (C=O) groups excluding carboxylic acids is 1. The van der Waals surface area contributed by atoms with Gasteiger partial charge in [0, 0.05) is 10.7 Å². The summed E-state index contributed by atoms with van der Waals surface area (Å²) in [4.78, 5) is 12.3. The molecular weight excluding hydrogens is 329 g/mol. The van der Waals surface area contributed by atoms with Crippen LogP contribution in [0.1, 0.15) is 9.67 Å². The second-order valence-electron chi connectivity index (χ2n) is 3.22. The van der Waals surface area contributed by atoms with Crippen molar-refractivity contribution >= 4 is 50.5 Å². The fraction of sp³-hybridized carbons (Fsp3) is 0. The van der Waals surface area contributed by atoms with Gasteiger partial charge in [0.1, 0.15) is 5.82 Å². The molecule has 0 aliphatic heterocycles. The molecule has 0 unspecified atom stereocenters. The molecule has 0 bridgehead atoms. The molecule has 0 saturated heterocycles. The van der Waals surface area contributed by atoms with Gasteiger partial charge in [-0.05, 0) is 46.3 Å². The molecule has 1 amide bonds. The molecule has 1 heterocycles. The number of hydrogen-bond acceptors (Lipinski definition) is 2. The minimum Gasteiger partial charge on any atom is -0.321 e. The number of thiophene rings is 1. The van der Waals surface area contributed by atoms with Crippen molar-refractivity contribution in [2.24, 2.45) is 0 Å². The first-order chi connectivity index (χ1) is 8.04. The Balaban J connectivity index is 2.18. The lowest BCUT2D eigenvalue weighted by atomic mass is 10.3. The van der Waals surface area contributed by atoms with Gasteiger partial charge in [-0.15, -0.1) is 11.3 Å². The van der Waals surface area contributed by atoms with E-state index >= 15 is 0 Å². The van der Waals surface area contributed by atoms with Gasteiger partial charge in [0.05, 0.1) is 8.66 Å². The summed E-state index contributed by atoms with van der Waals surface area (Å²) in [5.41, 5.74) is 0.338. The molecule has 0 aliphatic rings. The largest absolute Gasteiger partial charge is 0.321 e. The number of carbonyl (C=O) groups is 1. The summed E-state index contributed by atoms with van der Waals surface area (Å²) in [5, 5.41) is 2.82. The van der Waals surface area contributed by atoms with E-state index in [1.807, 2.05) is 0 Å². The number of anilines is 1. The Morgan fingerprint density at radius 1 is 1.35 bits per heavy atom. The van der Waals surface area contributed by atoms with Crippen LogP contribution in [0.4, 0.5) is 10.1 Å². The van der Waals surface area contributed by atoms with Crippen molar-refractivity contribution in [2.45, 2.75) is 0 Å². The van der Waals surface area contributed by atoms with E-state index in [9.17, 15) is 9.18 Å². The van der Waals surface area contributed by atoms with Gasteiger partial charge in [-0.1, -0.05) is 11.6 Å². The Hall–Kier alpha value is -0.910. The zero-order valence-electron chi connectivity index (χ0n) is 8.34. The Kier molecular flexibility index (Phi) is 3.81. The fourth-order valence-corrected chi connectivity index (χ4v) is 2.76. The maximum Gasteiger partial charge on any atom is 0.265 e. The van der Waals surface area contributed by atoms with E-state index in [0.717, 1.165) is 3.79 Å². The summed E-state index contributed by atoms with van der Waals surface area (Å²) in [5.74, 6) is -0.775.